The maximum Gasteiger partial charge on any atom is 0.246 e. The highest BCUT2D eigenvalue weighted by Gasteiger charge is 2.32. The molecule has 0 fully saturated rings. The minimum atomic E-state index is -0.753. The van der Waals surface area contributed by atoms with Gasteiger partial charge in [0.1, 0.15) is 17.7 Å². The zero-order chi connectivity index (χ0) is 12.4. The van der Waals surface area contributed by atoms with Crippen LogP contribution in [0.2, 0.25) is 0 Å². The zero-order valence-corrected chi connectivity index (χ0v) is 9.09. The molecule has 1 aromatic carbocycles. The van der Waals surface area contributed by atoms with Crippen LogP contribution in [-0.4, -0.2) is 19.0 Å². The van der Waals surface area contributed by atoms with Crippen LogP contribution < -0.4 is 16.4 Å². The molecular weight excluding hydrogens is 228 g/mol. The Bertz CT molecular complexity index is 451. The summed E-state index contributed by atoms with van der Waals surface area (Å²) in [5, 5.41) is 5.31. The van der Waals surface area contributed by atoms with E-state index in [1.165, 1.54) is 0 Å². The van der Waals surface area contributed by atoms with E-state index in [0.29, 0.717) is 25.1 Å². The van der Waals surface area contributed by atoms with Crippen molar-refractivity contribution in [3.63, 3.8) is 0 Å². The fourth-order valence-corrected chi connectivity index (χ4v) is 1.84. The molecule has 1 aliphatic rings. The molecular formula is C11H13F2N3O. The van der Waals surface area contributed by atoms with Crippen LogP contribution in [0.3, 0.4) is 0 Å². The second-order valence-corrected chi connectivity index (χ2v) is 3.87. The third-order valence-corrected chi connectivity index (χ3v) is 2.64. The number of carbonyl (C=O) groups is 1. The Hall–Kier alpha value is -1.53. The highest BCUT2D eigenvalue weighted by atomic mass is 19.1. The van der Waals surface area contributed by atoms with Crippen LogP contribution in [0.25, 0.3) is 0 Å². The van der Waals surface area contributed by atoms with Gasteiger partial charge in [0.25, 0.3) is 0 Å². The summed E-state index contributed by atoms with van der Waals surface area (Å²) in [4.78, 5) is 11.6. The second-order valence-electron chi connectivity index (χ2n) is 3.87. The number of fused-ring (bicyclic) bond motifs is 1. The highest BCUT2D eigenvalue weighted by molar-refractivity contribution is 6.02. The summed E-state index contributed by atoms with van der Waals surface area (Å²) in [6.07, 6.45) is 0.691. The average Bonchev–Trinajstić information content (AvgIpc) is 2.57. The molecule has 1 aliphatic heterocycles. The maximum atomic E-state index is 13.4. The topological polar surface area (TPSA) is 67.1 Å². The Morgan fingerprint density at radius 2 is 2.18 bits per heavy atom. The van der Waals surface area contributed by atoms with Crippen molar-refractivity contribution in [2.75, 3.05) is 18.4 Å². The first-order valence-corrected chi connectivity index (χ1v) is 5.36. The SMILES string of the molecule is NCCCNC1C(=O)Nc2c(F)cc(F)cc21. The largest absolute Gasteiger partial charge is 0.330 e. The number of halogens is 2. The number of nitrogens with one attached hydrogen (secondary N) is 2. The molecule has 0 aromatic heterocycles. The Morgan fingerprint density at radius 1 is 1.41 bits per heavy atom. The number of hydrogen-bond donors (Lipinski definition) is 3. The smallest absolute Gasteiger partial charge is 0.246 e. The predicted octanol–water partition coefficient (Wildman–Crippen LogP) is 0.896. The van der Waals surface area contributed by atoms with Crippen molar-refractivity contribution in [3.05, 3.63) is 29.3 Å². The first-order chi connectivity index (χ1) is 8.13. The number of anilines is 1. The van der Waals surface area contributed by atoms with Crippen LogP contribution in [0.5, 0.6) is 0 Å². The van der Waals surface area contributed by atoms with Gasteiger partial charge in [-0.1, -0.05) is 0 Å². The molecule has 92 valence electrons. The van der Waals surface area contributed by atoms with E-state index in [1.807, 2.05) is 0 Å². The lowest BCUT2D eigenvalue weighted by Gasteiger charge is -2.10. The molecule has 0 saturated carbocycles. The summed E-state index contributed by atoms with van der Waals surface area (Å²) in [6.45, 7) is 1.01. The van der Waals surface area contributed by atoms with E-state index in [2.05, 4.69) is 10.6 Å². The fourth-order valence-electron chi connectivity index (χ4n) is 1.84. The van der Waals surface area contributed by atoms with Crippen LogP contribution >= 0.6 is 0 Å². The summed E-state index contributed by atoms with van der Waals surface area (Å²) < 4.78 is 26.5. The molecule has 1 amide bonds. The summed E-state index contributed by atoms with van der Waals surface area (Å²) in [7, 11) is 0. The number of hydrogen-bond acceptors (Lipinski definition) is 3. The van der Waals surface area contributed by atoms with Gasteiger partial charge in [-0.25, -0.2) is 8.78 Å². The van der Waals surface area contributed by atoms with Gasteiger partial charge in [0, 0.05) is 11.6 Å². The van der Waals surface area contributed by atoms with Crippen LogP contribution in [0.15, 0.2) is 12.1 Å². The molecule has 0 bridgehead atoms. The third kappa shape index (κ3) is 2.27. The summed E-state index contributed by atoms with van der Waals surface area (Å²) in [5.41, 5.74) is 5.70. The monoisotopic (exact) mass is 241 g/mol. The molecule has 6 heteroatoms. The van der Waals surface area contributed by atoms with Crippen LogP contribution in [0.4, 0.5) is 14.5 Å². The van der Waals surface area contributed by atoms with Gasteiger partial charge >= 0.3 is 0 Å². The van der Waals surface area contributed by atoms with Gasteiger partial charge in [-0.05, 0) is 25.6 Å². The molecule has 4 N–H and O–H groups in total. The fraction of sp³-hybridized carbons (Fsp3) is 0.364. The summed E-state index contributed by atoms with van der Waals surface area (Å²) >= 11 is 0. The van der Waals surface area contributed by atoms with Gasteiger partial charge in [0.15, 0.2) is 0 Å². The Labute approximate surface area is 97.2 Å². The van der Waals surface area contributed by atoms with Crippen molar-refractivity contribution < 1.29 is 13.6 Å². The molecule has 2 rings (SSSR count). The van der Waals surface area contributed by atoms with Crippen molar-refractivity contribution in [3.8, 4) is 0 Å². The van der Waals surface area contributed by atoms with Gasteiger partial charge in [0.05, 0.1) is 5.69 Å². The van der Waals surface area contributed by atoms with Gasteiger partial charge in [-0.3, -0.25) is 4.79 Å². The van der Waals surface area contributed by atoms with Gasteiger partial charge < -0.3 is 16.4 Å². The second kappa shape index (κ2) is 4.77. The van der Waals surface area contributed by atoms with Crippen molar-refractivity contribution in [1.29, 1.82) is 0 Å². The molecule has 0 radical (unpaired) electrons. The lowest BCUT2D eigenvalue weighted by Crippen LogP contribution is -2.29. The quantitative estimate of drug-likeness (QED) is 0.686. The number of rotatable bonds is 4. The van der Waals surface area contributed by atoms with Gasteiger partial charge in [0.2, 0.25) is 5.91 Å². The Kier molecular flexibility index (Phi) is 3.35. The Balaban J connectivity index is 2.23. The van der Waals surface area contributed by atoms with Gasteiger partial charge in [-0.15, -0.1) is 0 Å². The molecule has 0 saturated heterocycles. The number of carbonyl (C=O) groups excluding carboxylic acids is 1. The minimum absolute atomic E-state index is 0.0571. The minimum Gasteiger partial charge on any atom is -0.330 e. The normalized spacial score (nSPS) is 18.1. The van der Waals surface area contributed by atoms with Crippen LogP contribution in [0, 0.1) is 11.6 Å². The third-order valence-electron chi connectivity index (χ3n) is 2.64. The lowest BCUT2D eigenvalue weighted by atomic mass is 10.1. The first-order valence-electron chi connectivity index (χ1n) is 5.36. The zero-order valence-electron chi connectivity index (χ0n) is 9.09. The van der Waals surface area contributed by atoms with E-state index in [0.717, 1.165) is 12.1 Å². The molecule has 1 aromatic rings. The van der Waals surface area contributed by atoms with E-state index in [-0.39, 0.29) is 11.6 Å². The standard InChI is InChI=1S/C11H13F2N3O/c12-6-4-7-9(8(13)5-6)16-11(17)10(7)15-3-1-2-14/h4-5,10,15H,1-3,14H2,(H,16,17). The number of nitrogens with two attached hydrogens (primary N) is 1. The summed E-state index contributed by atoms with van der Waals surface area (Å²) in [5.74, 6) is -1.82. The van der Waals surface area contributed by atoms with Crippen molar-refractivity contribution in [2.24, 2.45) is 5.73 Å². The molecule has 1 atom stereocenters. The van der Waals surface area contributed by atoms with E-state index >= 15 is 0 Å². The number of benzene rings is 1. The van der Waals surface area contributed by atoms with Crippen molar-refractivity contribution >= 4 is 11.6 Å². The molecule has 0 aliphatic carbocycles. The molecule has 17 heavy (non-hydrogen) atoms. The maximum absolute atomic E-state index is 13.4. The van der Waals surface area contributed by atoms with E-state index in [9.17, 15) is 13.6 Å². The van der Waals surface area contributed by atoms with E-state index < -0.39 is 17.7 Å². The lowest BCUT2D eigenvalue weighted by molar-refractivity contribution is -0.117. The van der Waals surface area contributed by atoms with Crippen molar-refractivity contribution in [1.82, 2.24) is 5.32 Å². The summed E-state index contributed by atoms with van der Waals surface area (Å²) in [6, 6.07) is 1.21. The van der Waals surface area contributed by atoms with Crippen molar-refractivity contribution in [2.45, 2.75) is 12.5 Å². The van der Waals surface area contributed by atoms with Crippen LogP contribution in [0.1, 0.15) is 18.0 Å². The van der Waals surface area contributed by atoms with Gasteiger partial charge in [-0.2, -0.15) is 0 Å². The molecule has 1 heterocycles. The molecule has 0 spiro atoms. The molecule has 1 unspecified atom stereocenters. The predicted molar refractivity (Wildman–Crippen MR) is 59.4 cm³/mol. The number of amides is 1. The average molecular weight is 241 g/mol. The highest BCUT2D eigenvalue weighted by Crippen LogP contribution is 2.33. The van der Waals surface area contributed by atoms with E-state index in [4.69, 9.17) is 5.73 Å². The molecule has 4 nitrogen and oxygen atoms in total. The van der Waals surface area contributed by atoms with Crippen LogP contribution in [-0.2, 0) is 4.79 Å². The van der Waals surface area contributed by atoms with E-state index in [1.54, 1.807) is 0 Å². The Morgan fingerprint density at radius 3 is 2.88 bits per heavy atom. The first kappa shape index (κ1) is 11.9.